The van der Waals surface area contributed by atoms with Crippen molar-refractivity contribution >= 4 is 27.9 Å². The number of methoxy groups -OCH3 is 1. The first-order valence-electron chi connectivity index (χ1n) is 7.84. The van der Waals surface area contributed by atoms with Crippen molar-refractivity contribution < 1.29 is 24.2 Å². The average molecular weight is 413 g/mol. The number of allylic oxidation sites excluding steroid dienone is 1. The highest BCUT2D eigenvalue weighted by atomic mass is 79.9. The number of hydrogen-bond donors (Lipinski definition) is 3. The normalized spacial score (nSPS) is 18.3. The molecule has 1 heterocycles. The number of benzene rings is 1. The molecule has 2 atom stereocenters. The standard InChI is InChI=1S/C17H21BrN2O5/c1-5-8(2)25-16(22)13-9(3)19-17(23)20-14(13)10-6-11(18)15(21)12(7-10)24-4/h6-8,14,21H,5H2,1-4H3,(H2,19,20,23)/t8-,14+/m1/s1. The molecule has 0 saturated heterocycles. The Bertz CT molecular complexity index is 732. The molecule has 1 aromatic rings. The van der Waals surface area contributed by atoms with E-state index in [1.54, 1.807) is 26.0 Å². The summed E-state index contributed by atoms with van der Waals surface area (Å²) in [7, 11) is 1.42. The van der Waals surface area contributed by atoms with Gasteiger partial charge in [0, 0.05) is 5.70 Å². The minimum Gasteiger partial charge on any atom is -0.503 e. The number of amides is 2. The molecule has 0 fully saturated rings. The highest BCUT2D eigenvalue weighted by Gasteiger charge is 2.33. The molecule has 0 bridgehead atoms. The molecule has 136 valence electrons. The number of hydrogen-bond acceptors (Lipinski definition) is 5. The third-order valence-corrected chi connectivity index (χ3v) is 4.58. The number of rotatable bonds is 5. The lowest BCUT2D eigenvalue weighted by Crippen LogP contribution is -2.45. The Morgan fingerprint density at radius 2 is 2.12 bits per heavy atom. The Hall–Kier alpha value is -2.22. The largest absolute Gasteiger partial charge is 0.503 e. The number of urea groups is 1. The molecule has 1 aliphatic heterocycles. The minimum atomic E-state index is -0.726. The molecule has 2 rings (SSSR count). The number of esters is 1. The topological polar surface area (TPSA) is 96.9 Å². The van der Waals surface area contributed by atoms with Crippen LogP contribution in [0.4, 0.5) is 4.79 Å². The van der Waals surface area contributed by atoms with Crippen LogP contribution in [-0.2, 0) is 9.53 Å². The van der Waals surface area contributed by atoms with Gasteiger partial charge in [0.25, 0.3) is 0 Å². The van der Waals surface area contributed by atoms with Gasteiger partial charge in [0.1, 0.15) is 0 Å². The first-order chi connectivity index (χ1) is 11.8. The summed E-state index contributed by atoms with van der Waals surface area (Å²) in [4.78, 5) is 24.5. The summed E-state index contributed by atoms with van der Waals surface area (Å²) >= 11 is 3.25. The van der Waals surface area contributed by atoms with E-state index in [-0.39, 0.29) is 17.6 Å². The Balaban J connectivity index is 2.49. The Kier molecular flexibility index (Phi) is 5.94. The van der Waals surface area contributed by atoms with Crippen LogP contribution in [0.25, 0.3) is 0 Å². The van der Waals surface area contributed by atoms with Crippen molar-refractivity contribution in [1.82, 2.24) is 10.6 Å². The highest BCUT2D eigenvalue weighted by molar-refractivity contribution is 9.10. The minimum absolute atomic E-state index is 0.0593. The lowest BCUT2D eigenvalue weighted by molar-refractivity contribution is -0.144. The van der Waals surface area contributed by atoms with Crippen molar-refractivity contribution in [3.05, 3.63) is 33.4 Å². The van der Waals surface area contributed by atoms with E-state index >= 15 is 0 Å². The molecule has 8 heteroatoms. The molecule has 1 aromatic carbocycles. The third kappa shape index (κ3) is 4.07. The number of ether oxygens (including phenoxy) is 2. The van der Waals surface area contributed by atoms with Crippen LogP contribution in [0.15, 0.2) is 27.9 Å². The fraction of sp³-hybridized carbons (Fsp3) is 0.412. The van der Waals surface area contributed by atoms with Gasteiger partial charge in [-0.15, -0.1) is 0 Å². The number of carbonyl (C=O) groups excluding carboxylic acids is 2. The van der Waals surface area contributed by atoms with Crippen LogP contribution in [0.2, 0.25) is 0 Å². The van der Waals surface area contributed by atoms with Crippen molar-refractivity contribution in [2.75, 3.05) is 7.11 Å². The predicted molar refractivity (Wildman–Crippen MR) is 95.3 cm³/mol. The zero-order valence-electron chi connectivity index (χ0n) is 14.5. The van der Waals surface area contributed by atoms with Gasteiger partial charge in [0.05, 0.1) is 29.3 Å². The van der Waals surface area contributed by atoms with E-state index in [9.17, 15) is 14.7 Å². The predicted octanol–water partition coefficient (Wildman–Crippen LogP) is 3.13. The SMILES string of the molecule is CC[C@@H](C)OC(=O)C1=C(C)NC(=O)N[C@H]1c1cc(Br)c(O)c(OC)c1. The van der Waals surface area contributed by atoms with E-state index in [0.717, 1.165) is 0 Å². The molecule has 0 aromatic heterocycles. The average Bonchev–Trinajstić information content (AvgIpc) is 2.56. The molecular formula is C17H21BrN2O5. The van der Waals surface area contributed by atoms with Gasteiger partial charge in [-0.25, -0.2) is 9.59 Å². The summed E-state index contributed by atoms with van der Waals surface area (Å²) in [5.41, 5.74) is 1.30. The van der Waals surface area contributed by atoms with Gasteiger partial charge in [0.15, 0.2) is 11.5 Å². The molecule has 0 unspecified atom stereocenters. The molecule has 1 aliphatic rings. The second-order valence-electron chi connectivity index (χ2n) is 5.75. The second-order valence-corrected chi connectivity index (χ2v) is 6.60. The maximum Gasteiger partial charge on any atom is 0.338 e. The Morgan fingerprint density at radius 1 is 1.44 bits per heavy atom. The van der Waals surface area contributed by atoms with Crippen LogP contribution in [0.3, 0.4) is 0 Å². The number of carbonyl (C=O) groups is 2. The lowest BCUT2D eigenvalue weighted by Gasteiger charge is -2.29. The number of nitrogens with one attached hydrogen (secondary N) is 2. The van der Waals surface area contributed by atoms with Crippen LogP contribution < -0.4 is 15.4 Å². The fourth-order valence-corrected chi connectivity index (χ4v) is 2.92. The van der Waals surface area contributed by atoms with Crippen LogP contribution >= 0.6 is 15.9 Å². The molecule has 0 saturated carbocycles. The van der Waals surface area contributed by atoms with E-state index in [2.05, 4.69) is 26.6 Å². The summed E-state index contributed by atoms with van der Waals surface area (Å²) in [6.45, 7) is 5.36. The molecule has 3 N–H and O–H groups in total. The molecule has 25 heavy (non-hydrogen) atoms. The maximum absolute atomic E-state index is 12.6. The van der Waals surface area contributed by atoms with Crippen molar-refractivity contribution in [2.45, 2.75) is 39.3 Å². The molecule has 0 aliphatic carbocycles. The second kappa shape index (κ2) is 7.77. The third-order valence-electron chi connectivity index (χ3n) is 3.98. The molecule has 7 nitrogen and oxygen atoms in total. The van der Waals surface area contributed by atoms with Gasteiger partial charge >= 0.3 is 12.0 Å². The highest BCUT2D eigenvalue weighted by Crippen LogP contribution is 2.39. The van der Waals surface area contributed by atoms with E-state index in [4.69, 9.17) is 9.47 Å². The van der Waals surface area contributed by atoms with Gasteiger partial charge < -0.3 is 25.2 Å². The number of aromatic hydroxyl groups is 1. The summed E-state index contributed by atoms with van der Waals surface area (Å²) < 4.78 is 11.0. The fourth-order valence-electron chi connectivity index (χ4n) is 2.46. The van der Waals surface area contributed by atoms with E-state index in [1.807, 2.05) is 6.92 Å². The van der Waals surface area contributed by atoms with Gasteiger partial charge in [0.2, 0.25) is 0 Å². The van der Waals surface area contributed by atoms with E-state index < -0.39 is 18.0 Å². The van der Waals surface area contributed by atoms with E-state index in [1.165, 1.54) is 7.11 Å². The number of phenolic OH excluding ortho intramolecular Hbond substituents is 1. The van der Waals surface area contributed by atoms with Crippen LogP contribution in [0, 0.1) is 0 Å². The first-order valence-corrected chi connectivity index (χ1v) is 8.63. The first kappa shape index (κ1) is 19.1. The van der Waals surface area contributed by atoms with Crippen molar-refractivity contribution in [2.24, 2.45) is 0 Å². The summed E-state index contributed by atoms with van der Waals surface area (Å²) in [5.74, 6) is -0.340. The Morgan fingerprint density at radius 3 is 2.72 bits per heavy atom. The molecular weight excluding hydrogens is 392 g/mol. The van der Waals surface area contributed by atoms with E-state index in [0.29, 0.717) is 27.7 Å². The van der Waals surface area contributed by atoms with Gasteiger partial charge in [-0.2, -0.15) is 0 Å². The van der Waals surface area contributed by atoms with Crippen molar-refractivity contribution in [3.63, 3.8) is 0 Å². The van der Waals surface area contributed by atoms with Crippen molar-refractivity contribution in [1.29, 1.82) is 0 Å². The van der Waals surface area contributed by atoms with Gasteiger partial charge in [-0.1, -0.05) is 6.92 Å². The van der Waals surface area contributed by atoms with Crippen molar-refractivity contribution in [3.8, 4) is 11.5 Å². The smallest absolute Gasteiger partial charge is 0.338 e. The van der Waals surface area contributed by atoms with Gasteiger partial charge in [-0.3, -0.25) is 0 Å². The summed E-state index contributed by atoms with van der Waals surface area (Å²) in [6.07, 6.45) is 0.438. The molecule has 2 amide bonds. The zero-order valence-corrected chi connectivity index (χ0v) is 16.1. The monoisotopic (exact) mass is 412 g/mol. The Labute approximate surface area is 154 Å². The van der Waals surface area contributed by atoms with Crippen LogP contribution in [0.1, 0.15) is 38.8 Å². The lowest BCUT2D eigenvalue weighted by atomic mass is 9.95. The zero-order chi connectivity index (χ0) is 18.7. The maximum atomic E-state index is 12.6. The molecule has 0 spiro atoms. The number of halogens is 1. The quantitative estimate of drug-likeness (QED) is 0.645. The summed E-state index contributed by atoms with van der Waals surface area (Å²) in [6, 6.07) is 2.04. The molecule has 0 radical (unpaired) electrons. The summed E-state index contributed by atoms with van der Waals surface area (Å²) in [5, 5.41) is 15.3. The van der Waals surface area contributed by atoms with Crippen LogP contribution in [-0.4, -0.2) is 30.3 Å². The number of phenols is 1. The van der Waals surface area contributed by atoms with Crippen LogP contribution in [0.5, 0.6) is 11.5 Å². The van der Waals surface area contributed by atoms with Gasteiger partial charge in [-0.05, 0) is 53.9 Å².